The molecule has 1 aliphatic heterocycles. The highest BCUT2D eigenvalue weighted by Crippen LogP contribution is 2.26. The van der Waals surface area contributed by atoms with Crippen LogP contribution in [0.1, 0.15) is 6.42 Å². The number of amides is 3. The Balaban J connectivity index is 1.53. The first-order valence-electron chi connectivity index (χ1n) is 8.30. The van der Waals surface area contributed by atoms with Gasteiger partial charge >= 0.3 is 0 Å². The van der Waals surface area contributed by atoms with Crippen LogP contribution in [0.2, 0.25) is 0 Å². The van der Waals surface area contributed by atoms with Crippen molar-refractivity contribution in [2.24, 2.45) is 11.7 Å². The van der Waals surface area contributed by atoms with Crippen LogP contribution in [-0.4, -0.2) is 30.9 Å². The molecule has 2 aromatic rings. The first-order valence-corrected chi connectivity index (χ1v) is 9.09. The molecule has 27 heavy (non-hydrogen) atoms. The first-order chi connectivity index (χ1) is 12.9. The van der Waals surface area contributed by atoms with E-state index < -0.39 is 11.8 Å². The summed E-state index contributed by atoms with van der Waals surface area (Å²) < 4.78 is 6.40. The van der Waals surface area contributed by atoms with Crippen molar-refractivity contribution in [1.82, 2.24) is 0 Å². The highest BCUT2D eigenvalue weighted by atomic mass is 79.9. The molecule has 0 unspecified atom stereocenters. The number of ether oxygens (including phenoxy) is 1. The van der Waals surface area contributed by atoms with Crippen molar-refractivity contribution in [1.29, 1.82) is 0 Å². The summed E-state index contributed by atoms with van der Waals surface area (Å²) in [5, 5.41) is 2.74. The van der Waals surface area contributed by atoms with Gasteiger partial charge in [0, 0.05) is 28.8 Å². The highest BCUT2D eigenvalue weighted by Gasteiger charge is 2.33. The predicted molar refractivity (Wildman–Crippen MR) is 104 cm³/mol. The number of rotatable bonds is 6. The Morgan fingerprint density at radius 1 is 1.15 bits per heavy atom. The topological polar surface area (TPSA) is 102 Å². The number of benzene rings is 2. The third kappa shape index (κ3) is 4.85. The van der Waals surface area contributed by atoms with Gasteiger partial charge in [-0.05, 0) is 48.5 Å². The highest BCUT2D eigenvalue weighted by molar-refractivity contribution is 9.10. The maximum absolute atomic E-state index is 12.0. The standard InChI is InChI=1S/C19H18BrN3O4/c20-13-1-3-14(4-2-13)22-17(24)11-27-16-7-5-15(6-8-16)23-10-12(19(21)26)9-18(23)25/h1-8,12H,9-11H2,(H2,21,26)(H,22,24)/t12-/m1/s1. The number of hydrogen-bond acceptors (Lipinski definition) is 4. The third-order valence-corrected chi connectivity index (χ3v) is 4.70. The molecular weight excluding hydrogens is 414 g/mol. The fourth-order valence-corrected chi connectivity index (χ4v) is 3.01. The number of carbonyl (C=O) groups is 3. The Kier molecular flexibility index (Phi) is 5.75. The van der Waals surface area contributed by atoms with Crippen LogP contribution in [0.15, 0.2) is 53.0 Å². The van der Waals surface area contributed by atoms with E-state index in [0.29, 0.717) is 17.1 Å². The molecule has 1 heterocycles. The summed E-state index contributed by atoms with van der Waals surface area (Å²) >= 11 is 3.33. The Morgan fingerprint density at radius 3 is 2.41 bits per heavy atom. The normalized spacial score (nSPS) is 16.3. The van der Waals surface area contributed by atoms with Crippen LogP contribution in [-0.2, 0) is 14.4 Å². The Labute approximate surface area is 164 Å². The van der Waals surface area contributed by atoms with Gasteiger partial charge in [-0.2, -0.15) is 0 Å². The number of nitrogens with two attached hydrogens (primary N) is 1. The minimum absolute atomic E-state index is 0.129. The molecule has 140 valence electrons. The van der Waals surface area contributed by atoms with E-state index in [1.165, 1.54) is 4.90 Å². The quantitative estimate of drug-likeness (QED) is 0.732. The minimum Gasteiger partial charge on any atom is -0.484 e. The van der Waals surface area contributed by atoms with Gasteiger partial charge in [0.15, 0.2) is 6.61 Å². The lowest BCUT2D eigenvalue weighted by Gasteiger charge is -2.16. The van der Waals surface area contributed by atoms with Crippen LogP contribution >= 0.6 is 15.9 Å². The Hall–Kier alpha value is -2.87. The third-order valence-electron chi connectivity index (χ3n) is 4.17. The average molecular weight is 432 g/mol. The molecule has 0 aromatic heterocycles. The van der Waals surface area contributed by atoms with E-state index in [1.54, 1.807) is 36.4 Å². The molecule has 0 aliphatic carbocycles. The van der Waals surface area contributed by atoms with Gasteiger partial charge in [0.2, 0.25) is 11.8 Å². The van der Waals surface area contributed by atoms with E-state index in [4.69, 9.17) is 10.5 Å². The number of nitrogens with zero attached hydrogens (tertiary/aromatic N) is 1. The molecule has 1 fully saturated rings. The van der Waals surface area contributed by atoms with Crippen molar-refractivity contribution in [3.63, 3.8) is 0 Å². The van der Waals surface area contributed by atoms with E-state index in [9.17, 15) is 14.4 Å². The zero-order chi connectivity index (χ0) is 19.4. The lowest BCUT2D eigenvalue weighted by molar-refractivity contribution is -0.123. The van der Waals surface area contributed by atoms with Crippen molar-refractivity contribution in [2.45, 2.75) is 6.42 Å². The summed E-state index contributed by atoms with van der Waals surface area (Å²) in [7, 11) is 0. The van der Waals surface area contributed by atoms with Crippen molar-refractivity contribution in [3.05, 3.63) is 53.0 Å². The first kappa shape index (κ1) is 18.9. The number of anilines is 2. The van der Waals surface area contributed by atoms with E-state index >= 15 is 0 Å². The summed E-state index contributed by atoms with van der Waals surface area (Å²) in [6.45, 7) is 0.145. The summed E-state index contributed by atoms with van der Waals surface area (Å²) in [6.07, 6.45) is 0.129. The van der Waals surface area contributed by atoms with E-state index in [-0.39, 0.29) is 31.4 Å². The smallest absolute Gasteiger partial charge is 0.262 e. The van der Waals surface area contributed by atoms with Crippen LogP contribution in [0.5, 0.6) is 5.75 Å². The molecule has 0 saturated carbocycles. The number of carbonyl (C=O) groups excluding carboxylic acids is 3. The summed E-state index contributed by atoms with van der Waals surface area (Å²) in [6, 6.07) is 14.0. The van der Waals surface area contributed by atoms with Crippen molar-refractivity contribution < 1.29 is 19.1 Å². The molecule has 8 heteroatoms. The fourth-order valence-electron chi connectivity index (χ4n) is 2.75. The molecule has 2 aromatic carbocycles. The van der Waals surface area contributed by atoms with Gasteiger partial charge in [-0.15, -0.1) is 0 Å². The molecule has 1 atom stereocenters. The molecule has 0 radical (unpaired) electrons. The van der Waals surface area contributed by atoms with Crippen LogP contribution < -0.4 is 20.7 Å². The Bertz CT molecular complexity index is 852. The van der Waals surface area contributed by atoms with Gasteiger partial charge in [0.1, 0.15) is 5.75 Å². The number of halogens is 1. The zero-order valence-electron chi connectivity index (χ0n) is 14.4. The van der Waals surface area contributed by atoms with Gasteiger partial charge in [-0.25, -0.2) is 0 Å². The maximum atomic E-state index is 12.0. The summed E-state index contributed by atoms with van der Waals surface area (Å²) in [4.78, 5) is 36.7. The molecule has 7 nitrogen and oxygen atoms in total. The van der Waals surface area contributed by atoms with Gasteiger partial charge in [-0.3, -0.25) is 14.4 Å². The van der Waals surface area contributed by atoms with Crippen molar-refractivity contribution >= 4 is 45.0 Å². The van der Waals surface area contributed by atoms with Crippen LogP contribution in [0.4, 0.5) is 11.4 Å². The SMILES string of the molecule is NC(=O)[C@@H]1CC(=O)N(c2ccc(OCC(=O)Nc3ccc(Br)cc3)cc2)C1. The molecule has 3 amide bonds. The number of nitrogens with one attached hydrogen (secondary N) is 1. The second kappa shape index (κ2) is 8.22. The van der Waals surface area contributed by atoms with Gasteiger partial charge < -0.3 is 20.7 Å². The molecule has 1 saturated heterocycles. The second-order valence-corrected chi connectivity index (χ2v) is 7.06. The molecular formula is C19H18BrN3O4. The van der Waals surface area contributed by atoms with Crippen LogP contribution in [0.3, 0.4) is 0 Å². The van der Waals surface area contributed by atoms with E-state index in [0.717, 1.165) is 4.47 Å². The lowest BCUT2D eigenvalue weighted by Crippen LogP contribution is -2.28. The van der Waals surface area contributed by atoms with Crippen LogP contribution in [0, 0.1) is 5.92 Å². The van der Waals surface area contributed by atoms with Crippen molar-refractivity contribution in [3.8, 4) is 5.75 Å². The lowest BCUT2D eigenvalue weighted by atomic mass is 10.1. The van der Waals surface area contributed by atoms with Gasteiger partial charge in [0.25, 0.3) is 5.91 Å². The Morgan fingerprint density at radius 2 is 1.81 bits per heavy atom. The molecule has 1 aliphatic rings. The average Bonchev–Trinajstić information content (AvgIpc) is 3.04. The molecule has 0 bridgehead atoms. The zero-order valence-corrected chi connectivity index (χ0v) is 15.9. The largest absolute Gasteiger partial charge is 0.484 e. The maximum Gasteiger partial charge on any atom is 0.262 e. The molecule has 3 rings (SSSR count). The van der Waals surface area contributed by atoms with Crippen LogP contribution in [0.25, 0.3) is 0 Å². The minimum atomic E-state index is -0.470. The summed E-state index contributed by atoms with van der Waals surface area (Å²) in [5.41, 5.74) is 6.62. The monoisotopic (exact) mass is 431 g/mol. The number of hydrogen-bond donors (Lipinski definition) is 2. The van der Waals surface area contributed by atoms with E-state index in [1.807, 2.05) is 12.1 Å². The van der Waals surface area contributed by atoms with Crippen molar-refractivity contribution in [2.75, 3.05) is 23.4 Å². The second-order valence-electron chi connectivity index (χ2n) is 6.15. The van der Waals surface area contributed by atoms with E-state index in [2.05, 4.69) is 21.2 Å². The van der Waals surface area contributed by atoms with Gasteiger partial charge in [0.05, 0.1) is 5.92 Å². The predicted octanol–water partition coefficient (Wildman–Crippen LogP) is 2.30. The van der Waals surface area contributed by atoms with Gasteiger partial charge in [-0.1, -0.05) is 15.9 Å². The summed E-state index contributed by atoms with van der Waals surface area (Å²) in [5.74, 6) is -0.845. The molecule has 0 spiro atoms. The fraction of sp³-hybridized carbons (Fsp3) is 0.211. The molecule has 3 N–H and O–H groups in total. The number of primary amides is 1.